The molecule has 158 valence electrons. The Hall–Kier alpha value is -2.98. The second-order valence-corrected chi connectivity index (χ2v) is 9.57. The van der Waals surface area contributed by atoms with E-state index in [-0.39, 0.29) is 29.9 Å². The normalized spacial score (nSPS) is 11.3. The van der Waals surface area contributed by atoms with Crippen LogP contribution in [-0.2, 0) is 16.6 Å². The van der Waals surface area contributed by atoms with Gasteiger partial charge in [0.1, 0.15) is 11.5 Å². The highest BCUT2D eigenvalue weighted by Crippen LogP contribution is 2.29. The minimum absolute atomic E-state index is 0.0582. The van der Waals surface area contributed by atoms with E-state index in [4.69, 9.17) is 4.42 Å². The molecule has 10 heteroatoms. The van der Waals surface area contributed by atoms with Crippen LogP contribution in [0.15, 0.2) is 40.8 Å². The monoisotopic (exact) mass is 447 g/mol. The molecule has 0 bridgehead atoms. The first-order valence-electron chi connectivity index (χ1n) is 9.15. The number of nitrogens with one attached hydrogen (secondary N) is 2. The number of amides is 1. The SMILES string of the molecule is CCS(=O)(=O)Nc1ccccc1-c1nc(CNC(=O)c2ccc(C(C)=O)s2)c(C)o1. The minimum atomic E-state index is -3.46. The molecule has 2 heterocycles. The van der Waals surface area contributed by atoms with Crippen molar-refractivity contribution < 1.29 is 22.4 Å². The maximum atomic E-state index is 12.3. The summed E-state index contributed by atoms with van der Waals surface area (Å²) in [5.41, 5.74) is 1.39. The second kappa shape index (κ2) is 8.80. The van der Waals surface area contributed by atoms with Crippen molar-refractivity contribution in [3.63, 3.8) is 0 Å². The first kappa shape index (κ1) is 21.7. The number of para-hydroxylation sites is 1. The van der Waals surface area contributed by atoms with Crippen LogP contribution in [0.1, 0.15) is 44.6 Å². The molecule has 0 saturated carbocycles. The maximum Gasteiger partial charge on any atom is 0.261 e. The molecular formula is C20H21N3O5S2. The van der Waals surface area contributed by atoms with E-state index in [0.717, 1.165) is 11.3 Å². The Bertz CT molecular complexity index is 1190. The molecule has 0 spiro atoms. The first-order valence-corrected chi connectivity index (χ1v) is 11.6. The summed E-state index contributed by atoms with van der Waals surface area (Å²) in [5, 5.41) is 2.76. The number of benzene rings is 1. The van der Waals surface area contributed by atoms with Crippen molar-refractivity contribution >= 4 is 38.7 Å². The molecule has 1 aromatic carbocycles. The van der Waals surface area contributed by atoms with Gasteiger partial charge in [0, 0.05) is 0 Å². The van der Waals surface area contributed by atoms with E-state index in [1.807, 2.05) is 0 Å². The summed E-state index contributed by atoms with van der Waals surface area (Å²) in [5.74, 6) is 0.299. The number of ketones is 1. The van der Waals surface area contributed by atoms with E-state index < -0.39 is 10.0 Å². The van der Waals surface area contributed by atoms with Gasteiger partial charge >= 0.3 is 0 Å². The summed E-state index contributed by atoms with van der Waals surface area (Å²) < 4.78 is 32.1. The molecule has 0 unspecified atom stereocenters. The number of aryl methyl sites for hydroxylation is 1. The van der Waals surface area contributed by atoms with Crippen LogP contribution >= 0.6 is 11.3 Å². The van der Waals surface area contributed by atoms with Crippen molar-refractivity contribution in [3.05, 3.63) is 57.6 Å². The molecule has 0 aliphatic rings. The Morgan fingerprint density at radius 3 is 2.50 bits per heavy atom. The largest absolute Gasteiger partial charge is 0.441 e. The molecule has 3 aromatic rings. The lowest BCUT2D eigenvalue weighted by Gasteiger charge is -2.09. The fourth-order valence-corrected chi connectivity index (χ4v) is 4.08. The average molecular weight is 448 g/mol. The number of carbonyl (C=O) groups excluding carboxylic acids is 2. The number of oxazole rings is 1. The highest BCUT2D eigenvalue weighted by atomic mass is 32.2. The number of rotatable bonds is 8. The lowest BCUT2D eigenvalue weighted by atomic mass is 10.2. The lowest BCUT2D eigenvalue weighted by molar-refractivity contribution is 0.0953. The van der Waals surface area contributed by atoms with Gasteiger partial charge in [0.2, 0.25) is 15.9 Å². The number of hydrogen-bond acceptors (Lipinski definition) is 7. The topological polar surface area (TPSA) is 118 Å². The van der Waals surface area contributed by atoms with E-state index in [1.165, 1.54) is 6.92 Å². The van der Waals surface area contributed by atoms with Crippen LogP contribution in [0.2, 0.25) is 0 Å². The Morgan fingerprint density at radius 2 is 1.83 bits per heavy atom. The van der Waals surface area contributed by atoms with Crippen LogP contribution in [0.4, 0.5) is 5.69 Å². The smallest absolute Gasteiger partial charge is 0.261 e. The Balaban J connectivity index is 1.77. The van der Waals surface area contributed by atoms with Gasteiger partial charge in [0.15, 0.2) is 5.78 Å². The van der Waals surface area contributed by atoms with Crippen LogP contribution < -0.4 is 10.0 Å². The van der Waals surface area contributed by atoms with E-state index >= 15 is 0 Å². The zero-order valence-electron chi connectivity index (χ0n) is 16.7. The third-order valence-corrected chi connectivity index (χ3v) is 6.76. The van der Waals surface area contributed by atoms with E-state index in [0.29, 0.717) is 32.5 Å². The predicted molar refractivity (Wildman–Crippen MR) is 115 cm³/mol. The predicted octanol–water partition coefficient (Wildman–Crippen LogP) is 3.61. The molecule has 3 rings (SSSR count). The van der Waals surface area contributed by atoms with Crippen molar-refractivity contribution in [3.8, 4) is 11.5 Å². The van der Waals surface area contributed by atoms with Crippen LogP contribution in [0.5, 0.6) is 0 Å². The molecule has 8 nitrogen and oxygen atoms in total. The standard InChI is InChI=1S/C20H21N3O5S2/c1-4-30(26,27)23-15-8-6-5-7-14(15)20-22-16(13(3)28-20)11-21-19(25)18-10-9-17(29-18)12(2)24/h5-10,23H,4,11H2,1-3H3,(H,21,25). The second-order valence-electron chi connectivity index (χ2n) is 6.48. The van der Waals surface area contributed by atoms with Crippen LogP contribution in [0.3, 0.4) is 0 Å². The van der Waals surface area contributed by atoms with Crippen LogP contribution in [0.25, 0.3) is 11.5 Å². The Morgan fingerprint density at radius 1 is 1.13 bits per heavy atom. The zero-order chi connectivity index (χ0) is 21.9. The fourth-order valence-electron chi connectivity index (χ4n) is 2.61. The summed E-state index contributed by atoms with van der Waals surface area (Å²) in [4.78, 5) is 29.1. The van der Waals surface area contributed by atoms with Crippen LogP contribution in [0, 0.1) is 6.92 Å². The van der Waals surface area contributed by atoms with Crippen molar-refractivity contribution in [2.75, 3.05) is 10.5 Å². The van der Waals surface area contributed by atoms with Gasteiger partial charge in [0.05, 0.1) is 33.3 Å². The first-order chi connectivity index (χ1) is 14.2. The number of nitrogens with zero attached hydrogens (tertiary/aromatic N) is 1. The molecule has 0 aliphatic heterocycles. The number of hydrogen-bond donors (Lipinski definition) is 2. The van der Waals surface area contributed by atoms with E-state index in [2.05, 4.69) is 15.0 Å². The van der Waals surface area contributed by atoms with E-state index in [1.54, 1.807) is 50.2 Å². The van der Waals surface area contributed by atoms with Crippen LogP contribution in [-0.4, -0.2) is 30.8 Å². The summed E-state index contributed by atoms with van der Waals surface area (Å²) in [6, 6.07) is 10.0. The third-order valence-electron chi connectivity index (χ3n) is 4.29. The number of Topliss-reactive ketones (excluding diaryl/α,β-unsaturated/α-hetero) is 1. The van der Waals surface area contributed by atoms with Gasteiger partial charge < -0.3 is 9.73 Å². The average Bonchev–Trinajstić information content (AvgIpc) is 3.34. The summed E-state index contributed by atoms with van der Waals surface area (Å²) in [6.07, 6.45) is 0. The molecule has 0 saturated heterocycles. The van der Waals surface area contributed by atoms with Crippen molar-refractivity contribution in [1.29, 1.82) is 0 Å². The number of anilines is 1. The summed E-state index contributed by atoms with van der Waals surface area (Å²) in [6.45, 7) is 4.85. The highest BCUT2D eigenvalue weighted by molar-refractivity contribution is 7.92. The Kier molecular flexibility index (Phi) is 6.37. The molecule has 0 radical (unpaired) electrons. The molecule has 0 aliphatic carbocycles. The third kappa shape index (κ3) is 4.95. The van der Waals surface area contributed by atoms with Gasteiger partial charge in [-0.3, -0.25) is 14.3 Å². The molecule has 30 heavy (non-hydrogen) atoms. The van der Waals surface area contributed by atoms with Gasteiger partial charge in [-0.15, -0.1) is 11.3 Å². The fraction of sp³-hybridized carbons (Fsp3) is 0.250. The molecule has 0 fully saturated rings. The molecule has 0 atom stereocenters. The van der Waals surface area contributed by atoms with Gasteiger partial charge in [0.25, 0.3) is 5.91 Å². The molecule has 2 N–H and O–H groups in total. The van der Waals surface area contributed by atoms with Gasteiger partial charge in [-0.1, -0.05) is 12.1 Å². The summed E-state index contributed by atoms with van der Waals surface area (Å²) in [7, 11) is -3.46. The maximum absolute atomic E-state index is 12.3. The summed E-state index contributed by atoms with van der Waals surface area (Å²) >= 11 is 1.13. The van der Waals surface area contributed by atoms with E-state index in [9.17, 15) is 18.0 Å². The number of aromatic nitrogens is 1. The Labute approximate surface area is 178 Å². The highest BCUT2D eigenvalue weighted by Gasteiger charge is 2.18. The quantitative estimate of drug-likeness (QED) is 0.509. The van der Waals surface area contributed by atoms with Gasteiger partial charge in [-0.05, 0) is 45.0 Å². The minimum Gasteiger partial charge on any atom is -0.441 e. The number of carbonyl (C=O) groups is 2. The number of sulfonamides is 1. The van der Waals surface area contributed by atoms with Gasteiger partial charge in [-0.2, -0.15) is 0 Å². The van der Waals surface area contributed by atoms with Crippen molar-refractivity contribution in [1.82, 2.24) is 10.3 Å². The molecule has 2 aromatic heterocycles. The van der Waals surface area contributed by atoms with Crippen molar-refractivity contribution in [2.45, 2.75) is 27.3 Å². The van der Waals surface area contributed by atoms with Gasteiger partial charge in [-0.25, -0.2) is 13.4 Å². The molecular weight excluding hydrogens is 426 g/mol. The zero-order valence-corrected chi connectivity index (χ0v) is 18.3. The van der Waals surface area contributed by atoms with Crippen molar-refractivity contribution in [2.24, 2.45) is 0 Å². The lowest BCUT2D eigenvalue weighted by Crippen LogP contribution is -2.22. The molecule has 1 amide bonds. The number of thiophene rings is 1.